The Balaban J connectivity index is 2.15. The number of carbonyl (C=O) groups is 2. The van der Waals surface area contributed by atoms with Gasteiger partial charge >= 0.3 is 12.0 Å². The van der Waals surface area contributed by atoms with Crippen LogP contribution in [-0.4, -0.2) is 30.2 Å². The molecule has 0 aliphatic carbocycles. The molecule has 1 atom stereocenters. The number of nitrogens with one attached hydrogen (secondary N) is 2. The van der Waals surface area contributed by atoms with Gasteiger partial charge in [0.05, 0.1) is 5.92 Å². The van der Waals surface area contributed by atoms with Crippen LogP contribution in [0, 0.1) is 5.92 Å². The van der Waals surface area contributed by atoms with Crippen LogP contribution in [0.3, 0.4) is 0 Å². The first kappa shape index (κ1) is 14.5. The molecule has 0 aliphatic rings. The Bertz CT molecular complexity index is 379. The first-order valence-electron chi connectivity index (χ1n) is 5.90. The van der Waals surface area contributed by atoms with Gasteiger partial charge in [-0.05, 0) is 24.3 Å². The van der Waals surface area contributed by atoms with Gasteiger partial charge in [0, 0.05) is 18.0 Å². The van der Waals surface area contributed by atoms with E-state index in [-0.39, 0.29) is 12.6 Å². The molecule has 1 aromatic rings. The van der Waals surface area contributed by atoms with Gasteiger partial charge in [0.2, 0.25) is 0 Å². The van der Waals surface area contributed by atoms with E-state index in [0.717, 1.165) is 6.42 Å². The lowest BCUT2D eigenvalue weighted by atomic mass is 10.1. The summed E-state index contributed by atoms with van der Waals surface area (Å²) >= 11 is 1.65. The highest BCUT2D eigenvalue weighted by molar-refractivity contribution is 7.09. The number of amides is 2. The Labute approximate surface area is 110 Å². The number of thiophene rings is 1. The normalized spacial score (nSPS) is 11.8. The minimum Gasteiger partial charge on any atom is -0.481 e. The van der Waals surface area contributed by atoms with Gasteiger partial charge in [0.15, 0.2) is 0 Å². The molecule has 0 spiro atoms. The topological polar surface area (TPSA) is 78.4 Å². The van der Waals surface area contributed by atoms with Crippen molar-refractivity contribution in [2.45, 2.75) is 19.8 Å². The second-order valence-electron chi connectivity index (χ2n) is 3.91. The maximum atomic E-state index is 11.4. The van der Waals surface area contributed by atoms with E-state index < -0.39 is 11.9 Å². The van der Waals surface area contributed by atoms with Crippen LogP contribution in [0.25, 0.3) is 0 Å². The summed E-state index contributed by atoms with van der Waals surface area (Å²) in [5, 5.41) is 16.1. The van der Waals surface area contributed by atoms with Crippen molar-refractivity contribution >= 4 is 23.3 Å². The predicted molar refractivity (Wildman–Crippen MR) is 70.8 cm³/mol. The van der Waals surface area contributed by atoms with E-state index >= 15 is 0 Å². The first-order chi connectivity index (χ1) is 8.63. The Morgan fingerprint density at radius 1 is 1.44 bits per heavy atom. The lowest BCUT2D eigenvalue weighted by molar-refractivity contribution is -0.141. The SMILES string of the molecule is CCC(CNC(=O)NCCc1cccs1)C(=O)O. The molecular formula is C12H18N2O3S. The number of aliphatic carboxylic acids is 1. The molecule has 6 heteroatoms. The predicted octanol–water partition coefficient (Wildman–Crippen LogP) is 1.70. The maximum absolute atomic E-state index is 11.4. The molecule has 0 aliphatic heterocycles. The van der Waals surface area contributed by atoms with E-state index in [2.05, 4.69) is 10.6 Å². The van der Waals surface area contributed by atoms with Crippen molar-refractivity contribution in [1.82, 2.24) is 10.6 Å². The molecule has 100 valence electrons. The zero-order valence-electron chi connectivity index (χ0n) is 10.3. The number of urea groups is 1. The van der Waals surface area contributed by atoms with E-state index in [1.54, 1.807) is 18.3 Å². The third-order valence-corrected chi connectivity index (χ3v) is 3.52. The minimum atomic E-state index is -0.878. The van der Waals surface area contributed by atoms with Gasteiger partial charge in [-0.1, -0.05) is 13.0 Å². The van der Waals surface area contributed by atoms with Gasteiger partial charge in [-0.2, -0.15) is 0 Å². The molecule has 1 rings (SSSR count). The highest BCUT2D eigenvalue weighted by atomic mass is 32.1. The van der Waals surface area contributed by atoms with Gasteiger partial charge in [-0.3, -0.25) is 4.79 Å². The fraction of sp³-hybridized carbons (Fsp3) is 0.500. The second kappa shape index (κ2) is 7.71. The van der Waals surface area contributed by atoms with Crippen LogP contribution < -0.4 is 10.6 Å². The van der Waals surface area contributed by atoms with E-state index in [1.165, 1.54) is 4.88 Å². The number of hydrogen-bond donors (Lipinski definition) is 3. The molecule has 3 N–H and O–H groups in total. The lowest BCUT2D eigenvalue weighted by Gasteiger charge is -2.11. The van der Waals surface area contributed by atoms with Crippen molar-refractivity contribution in [2.24, 2.45) is 5.92 Å². The molecule has 5 nitrogen and oxygen atoms in total. The highest BCUT2D eigenvalue weighted by Gasteiger charge is 2.15. The largest absolute Gasteiger partial charge is 0.481 e. The highest BCUT2D eigenvalue weighted by Crippen LogP contribution is 2.07. The van der Waals surface area contributed by atoms with Crippen molar-refractivity contribution < 1.29 is 14.7 Å². The summed E-state index contributed by atoms with van der Waals surface area (Å²) in [6, 6.07) is 3.67. The van der Waals surface area contributed by atoms with Gasteiger partial charge in [0.1, 0.15) is 0 Å². The van der Waals surface area contributed by atoms with Gasteiger partial charge in [0.25, 0.3) is 0 Å². The number of hydrogen-bond acceptors (Lipinski definition) is 3. The number of carboxylic acid groups (broad SMARTS) is 1. The average molecular weight is 270 g/mol. The van der Waals surface area contributed by atoms with Gasteiger partial charge in [-0.25, -0.2) is 4.79 Å². The molecule has 0 saturated heterocycles. The molecule has 0 bridgehead atoms. The van der Waals surface area contributed by atoms with Crippen LogP contribution in [0.15, 0.2) is 17.5 Å². The van der Waals surface area contributed by atoms with Crippen molar-refractivity contribution in [3.63, 3.8) is 0 Å². The first-order valence-corrected chi connectivity index (χ1v) is 6.78. The monoisotopic (exact) mass is 270 g/mol. The van der Waals surface area contributed by atoms with Crippen molar-refractivity contribution in [2.75, 3.05) is 13.1 Å². The van der Waals surface area contributed by atoms with Gasteiger partial charge in [-0.15, -0.1) is 11.3 Å². The molecule has 18 heavy (non-hydrogen) atoms. The van der Waals surface area contributed by atoms with E-state index in [1.807, 2.05) is 17.5 Å². The summed E-state index contributed by atoms with van der Waals surface area (Å²) in [7, 11) is 0. The molecule has 1 aromatic heterocycles. The van der Waals surface area contributed by atoms with Crippen LogP contribution in [0.2, 0.25) is 0 Å². The third kappa shape index (κ3) is 5.18. The van der Waals surface area contributed by atoms with Crippen LogP contribution in [0.1, 0.15) is 18.2 Å². The lowest BCUT2D eigenvalue weighted by Crippen LogP contribution is -2.40. The average Bonchev–Trinajstić information content (AvgIpc) is 2.82. The molecule has 0 radical (unpaired) electrons. The fourth-order valence-corrected chi connectivity index (χ4v) is 2.15. The van der Waals surface area contributed by atoms with Crippen molar-refractivity contribution in [3.8, 4) is 0 Å². The van der Waals surface area contributed by atoms with Crippen molar-refractivity contribution in [1.29, 1.82) is 0 Å². The second-order valence-corrected chi connectivity index (χ2v) is 4.94. The Kier molecular flexibility index (Phi) is 6.21. The van der Waals surface area contributed by atoms with Crippen molar-refractivity contribution in [3.05, 3.63) is 22.4 Å². The maximum Gasteiger partial charge on any atom is 0.314 e. The Hall–Kier alpha value is -1.56. The van der Waals surface area contributed by atoms with Crippen LogP contribution >= 0.6 is 11.3 Å². The molecule has 0 fully saturated rings. The molecule has 2 amide bonds. The molecule has 1 unspecified atom stereocenters. The van der Waals surface area contributed by atoms with Gasteiger partial charge < -0.3 is 15.7 Å². The summed E-state index contributed by atoms with van der Waals surface area (Å²) in [6.45, 7) is 2.50. The summed E-state index contributed by atoms with van der Waals surface area (Å²) < 4.78 is 0. The Morgan fingerprint density at radius 3 is 2.78 bits per heavy atom. The molecule has 0 saturated carbocycles. The third-order valence-electron chi connectivity index (χ3n) is 2.59. The quantitative estimate of drug-likeness (QED) is 0.705. The number of rotatable bonds is 7. The summed E-state index contributed by atoms with van der Waals surface area (Å²) in [4.78, 5) is 23.4. The number of carbonyl (C=O) groups excluding carboxylic acids is 1. The zero-order valence-corrected chi connectivity index (χ0v) is 11.1. The minimum absolute atomic E-state index is 0.163. The Morgan fingerprint density at radius 2 is 2.22 bits per heavy atom. The van der Waals surface area contributed by atoms with E-state index in [9.17, 15) is 9.59 Å². The zero-order chi connectivity index (χ0) is 13.4. The summed E-state index contributed by atoms with van der Waals surface area (Å²) in [5.41, 5.74) is 0. The van der Waals surface area contributed by atoms with Crippen LogP contribution in [-0.2, 0) is 11.2 Å². The van der Waals surface area contributed by atoms with E-state index in [0.29, 0.717) is 13.0 Å². The van der Waals surface area contributed by atoms with Crippen LogP contribution in [0.5, 0.6) is 0 Å². The molecular weight excluding hydrogens is 252 g/mol. The summed E-state index contributed by atoms with van der Waals surface area (Å²) in [6.07, 6.45) is 1.30. The van der Waals surface area contributed by atoms with E-state index in [4.69, 9.17) is 5.11 Å². The standard InChI is InChI=1S/C12H18N2O3S/c1-2-9(11(15)16)8-14-12(17)13-6-5-10-4-3-7-18-10/h3-4,7,9H,2,5-6,8H2,1H3,(H,15,16)(H2,13,14,17). The van der Waals surface area contributed by atoms with Crippen LogP contribution in [0.4, 0.5) is 4.79 Å². The fourth-order valence-electron chi connectivity index (χ4n) is 1.44. The number of carboxylic acids is 1. The summed E-state index contributed by atoms with van der Waals surface area (Å²) in [5.74, 6) is -1.40. The molecule has 0 aromatic carbocycles. The smallest absolute Gasteiger partial charge is 0.314 e. The molecule has 1 heterocycles.